The molecule has 1 aromatic rings. The highest BCUT2D eigenvalue weighted by Gasteiger charge is 2.16. The van der Waals surface area contributed by atoms with Crippen LogP contribution in [0.25, 0.3) is 0 Å². The van der Waals surface area contributed by atoms with Crippen molar-refractivity contribution in [3.63, 3.8) is 0 Å². The summed E-state index contributed by atoms with van der Waals surface area (Å²) < 4.78 is 10.8. The number of ether oxygens (including phenoxy) is 2. The molecule has 7 nitrogen and oxygen atoms in total. The number of aryl methyl sites for hydroxylation is 1. The van der Waals surface area contributed by atoms with E-state index in [2.05, 4.69) is 15.4 Å². The van der Waals surface area contributed by atoms with Gasteiger partial charge >= 0.3 is 0 Å². The topological polar surface area (TPSA) is 103 Å². The molecule has 0 saturated heterocycles. The third-order valence-corrected chi connectivity index (χ3v) is 2.56. The van der Waals surface area contributed by atoms with E-state index >= 15 is 0 Å². The van der Waals surface area contributed by atoms with E-state index in [1.807, 2.05) is 20.8 Å². The van der Waals surface area contributed by atoms with Crippen LogP contribution in [-0.4, -0.2) is 40.6 Å². The molecular formula is C12H20N4O3. The lowest BCUT2D eigenvalue weighted by atomic mass is 10.1. The molecule has 1 aromatic heterocycles. The Hall–Kier alpha value is -1.89. The van der Waals surface area contributed by atoms with E-state index in [-0.39, 0.29) is 17.8 Å². The zero-order valence-electron chi connectivity index (χ0n) is 11.7. The number of amidine groups is 1. The fraction of sp³-hybridized carbons (Fsp3) is 0.583. The Balaban J connectivity index is 2.86. The second-order valence-corrected chi connectivity index (χ2v) is 4.34. The number of hydrogen-bond donors (Lipinski definition) is 2. The number of nitrogens with two attached hydrogens (primary N) is 1. The number of rotatable bonds is 6. The van der Waals surface area contributed by atoms with Crippen molar-refractivity contribution in [2.24, 2.45) is 10.9 Å². The predicted molar refractivity (Wildman–Crippen MR) is 70.6 cm³/mol. The number of oxime groups is 1. The summed E-state index contributed by atoms with van der Waals surface area (Å²) in [6.45, 7) is 8.25. The van der Waals surface area contributed by atoms with E-state index in [0.717, 1.165) is 5.56 Å². The standard InChI is InChI=1S/C12H20N4O3/c1-7(2)18-5-6-19-12-10(11(13)16-17)8(3)9(4)14-15-12/h7,17H,5-6H2,1-4H3,(H2,13,16). The second-order valence-electron chi connectivity index (χ2n) is 4.34. The van der Waals surface area contributed by atoms with Crippen LogP contribution in [0.4, 0.5) is 0 Å². The lowest BCUT2D eigenvalue weighted by molar-refractivity contribution is 0.0539. The summed E-state index contributed by atoms with van der Waals surface area (Å²) in [5.74, 6) is 0.195. The number of aromatic nitrogens is 2. The van der Waals surface area contributed by atoms with Crippen molar-refractivity contribution in [3.05, 3.63) is 16.8 Å². The molecule has 0 aromatic carbocycles. The summed E-state index contributed by atoms with van der Waals surface area (Å²) in [6, 6.07) is 0. The van der Waals surface area contributed by atoms with Crippen molar-refractivity contribution in [1.82, 2.24) is 10.2 Å². The van der Waals surface area contributed by atoms with E-state index < -0.39 is 0 Å². The monoisotopic (exact) mass is 268 g/mol. The van der Waals surface area contributed by atoms with Gasteiger partial charge in [0.05, 0.1) is 24.0 Å². The average molecular weight is 268 g/mol. The molecule has 3 N–H and O–H groups in total. The summed E-state index contributed by atoms with van der Waals surface area (Å²) in [7, 11) is 0. The van der Waals surface area contributed by atoms with Gasteiger partial charge in [-0.25, -0.2) is 0 Å². The molecule has 0 aliphatic rings. The maximum Gasteiger partial charge on any atom is 0.245 e. The van der Waals surface area contributed by atoms with Crippen molar-refractivity contribution < 1.29 is 14.7 Å². The van der Waals surface area contributed by atoms with Gasteiger partial charge in [-0.05, 0) is 33.3 Å². The highest BCUT2D eigenvalue weighted by Crippen LogP contribution is 2.20. The summed E-state index contributed by atoms with van der Waals surface area (Å²) in [6.07, 6.45) is 0.137. The van der Waals surface area contributed by atoms with Gasteiger partial charge in [-0.15, -0.1) is 5.10 Å². The molecule has 19 heavy (non-hydrogen) atoms. The van der Waals surface area contributed by atoms with Crippen LogP contribution < -0.4 is 10.5 Å². The SMILES string of the molecule is Cc1nnc(OCCOC(C)C)c(/C(N)=N/O)c1C. The number of nitrogens with zero attached hydrogens (tertiary/aromatic N) is 3. The molecule has 1 heterocycles. The first kappa shape index (κ1) is 15.2. The molecule has 0 aliphatic heterocycles. The molecule has 0 unspecified atom stereocenters. The normalized spacial score (nSPS) is 11.9. The van der Waals surface area contributed by atoms with Crippen molar-refractivity contribution in [2.75, 3.05) is 13.2 Å². The van der Waals surface area contributed by atoms with Crippen LogP contribution in [0.1, 0.15) is 30.7 Å². The van der Waals surface area contributed by atoms with Gasteiger partial charge in [0.25, 0.3) is 0 Å². The van der Waals surface area contributed by atoms with Crippen LogP contribution in [-0.2, 0) is 4.74 Å². The Morgan fingerprint density at radius 2 is 2.00 bits per heavy atom. The second kappa shape index (κ2) is 6.89. The van der Waals surface area contributed by atoms with Gasteiger partial charge in [-0.1, -0.05) is 5.16 Å². The molecule has 1 rings (SSSR count). The third kappa shape index (κ3) is 4.06. The van der Waals surface area contributed by atoms with Crippen LogP contribution in [0.5, 0.6) is 5.88 Å². The Morgan fingerprint density at radius 3 is 2.58 bits per heavy atom. The Bertz CT molecular complexity index is 461. The summed E-state index contributed by atoms with van der Waals surface area (Å²) in [4.78, 5) is 0. The third-order valence-electron chi connectivity index (χ3n) is 2.56. The van der Waals surface area contributed by atoms with Crippen LogP contribution in [0, 0.1) is 13.8 Å². The molecule has 7 heteroatoms. The van der Waals surface area contributed by atoms with Crippen LogP contribution >= 0.6 is 0 Å². The Morgan fingerprint density at radius 1 is 1.32 bits per heavy atom. The van der Waals surface area contributed by atoms with Gasteiger partial charge in [-0.3, -0.25) is 0 Å². The van der Waals surface area contributed by atoms with Crippen LogP contribution in [0.3, 0.4) is 0 Å². The van der Waals surface area contributed by atoms with Gasteiger partial charge in [0.1, 0.15) is 6.61 Å². The van der Waals surface area contributed by atoms with E-state index in [9.17, 15) is 0 Å². The highest BCUT2D eigenvalue weighted by molar-refractivity contribution is 6.00. The first-order valence-electron chi connectivity index (χ1n) is 6.03. The molecule has 0 bridgehead atoms. The summed E-state index contributed by atoms with van der Waals surface area (Å²) in [5, 5.41) is 19.7. The minimum Gasteiger partial charge on any atom is -0.474 e. The molecule has 0 saturated carbocycles. The smallest absolute Gasteiger partial charge is 0.245 e. The van der Waals surface area contributed by atoms with Gasteiger partial charge in [-0.2, -0.15) is 5.10 Å². The molecule has 0 fully saturated rings. The Kier molecular flexibility index (Phi) is 5.50. The molecule has 0 radical (unpaired) electrons. The van der Waals surface area contributed by atoms with Gasteiger partial charge < -0.3 is 20.4 Å². The minimum absolute atomic E-state index is 0.0460. The van der Waals surface area contributed by atoms with Crippen molar-refractivity contribution in [2.45, 2.75) is 33.8 Å². The molecular weight excluding hydrogens is 248 g/mol. The number of hydrogen-bond acceptors (Lipinski definition) is 6. The fourth-order valence-corrected chi connectivity index (χ4v) is 1.46. The molecule has 106 valence electrons. The van der Waals surface area contributed by atoms with E-state index in [1.54, 1.807) is 6.92 Å². The minimum atomic E-state index is -0.0460. The van der Waals surface area contributed by atoms with Gasteiger partial charge in [0, 0.05) is 0 Å². The van der Waals surface area contributed by atoms with Crippen molar-refractivity contribution in [1.29, 1.82) is 0 Å². The molecule has 0 aliphatic carbocycles. The highest BCUT2D eigenvalue weighted by atomic mass is 16.5. The van der Waals surface area contributed by atoms with E-state index in [4.69, 9.17) is 20.4 Å². The maximum atomic E-state index is 8.81. The van der Waals surface area contributed by atoms with Crippen molar-refractivity contribution >= 4 is 5.84 Å². The average Bonchev–Trinajstić information content (AvgIpc) is 2.37. The Labute approximate surface area is 112 Å². The lowest BCUT2D eigenvalue weighted by Crippen LogP contribution is -2.20. The first-order chi connectivity index (χ1) is 8.97. The molecule has 0 atom stereocenters. The van der Waals surface area contributed by atoms with Crippen LogP contribution in [0.2, 0.25) is 0 Å². The maximum absolute atomic E-state index is 8.81. The fourth-order valence-electron chi connectivity index (χ4n) is 1.46. The first-order valence-corrected chi connectivity index (χ1v) is 6.03. The quantitative estimate of drug-likeness (QED) is 0.262. The lowest BCUT2D eigenvalue weighted by Gasteiger charge is -2.13. The van der Waals surface area contributed by atoms with Crippen LogP contribution in [0.15, 0.2) is 5.16 Å². The summed E-state index contributed by atoms with van der Waals surface area (Å²) in [5.41, 5.74) is 7.57. The largest absolute Gasteiger partial charge is 0.474 e. The van der Waals surface area contributed by atoms with E-state index in [1.165, 1.54) is 0 Å². The molecule has 0 spiro atoms. The van der Waals surface area contributed by atoms with Crippen molar-refractivity contribution in [3.8, 4) is 5.88 Å². The predicted octanol–water partition coefficient (Wildman–Crippen LogP) is 0.992. The molecule has 0 amide bonds. The van der Waals surface area contributed by atoms with E-state index in [0.29, 0.717) is 24.5 Å². The summed E-state index contributed by atoms with van der Waals surface area (Å²) >= 11 is 0. The van der Waals surface area contributed by atoms with Gasteiger partial charge in [0.15, 0.2) is 5.84 Å². The van der Waals surface area contributed by atoms with Gasteiger partial charge in [0.2, 0.25) is 5.88 Å². The zero-order valence-corrected chi connectivity index (χ0v) is 11.7. The zero-order chi connectivity index (χ0) is 14.4.